The minimum atomic E-state index is -0.134. The molecule has 2 amide bonds. The number of carbonyl (C=O) groups excluding carboxylic acids is 1. The Bertz CT molecular complexity index is 749. The maximum atomic E-state index is 12.3. The van der Waals surface area contributed by atoms with Crippen molar-refractivity contribution in [3.63, 3.8) is 0 Å². The van der Waals surface area contributed by atoms with Gasteiger partial charge in [0.05, 0.1) is 0 Å². The zero-order valence-corrected chi connectivity index (χ0v) is 15.1. The Kier molecular flexibility index (Phi) is 4.63. The highest BCUT2D eigenvalue weighted by Crippen LogP contribution is 2.38. The summed E-state index contributed by atoms with van der Waals surface area (Å²) < 4.78 is 2.86. The quantitative estimate of drug-likeness (QED) is 0.742. The van der Waals surface area contributed by atoms with Crippen LogP contribution in [-0.4, -0.2) is 6.03 Å². The minimum Gasteiger partial charge on any atom is -0.307 e. The van der Waals surface area contributed by atoms with Crippen LogP contribution in [0.15, 0.2) is 29.0 Å². The summed E-state index contributed by atoms with van der Waals surface area (Å²) in [5, 5.41) is 7.08. The molecule has 4 rings (SSSR count). The predicted octanol–water partition coefficient (Wildman–Crippen LogP) is 5.17. The minimum absolute atomic E-state index is 0.134. The molecule has 124 valence electrons. The summed E-state index contributed by atoms with van der Waals surface area (Å²) in [5.41, 5.74) is 6.71. The molecule has 0 bridgehead atoms. The van der Waals surface area contributed by atoms with Gasteiger partial charge in [0.15, 0.2) is 0 Å². The van der Waals surface area contributed by atoms with Gasteiger partial charge in [0, 0.05) is 10.6 Å². The average Bonchev–Trinajstić information content (AvgIpc) is 3.31. The number of rotatable bonds is 4. The van der Waals surface area contributed by atoms with Crippen LogP contribution in [0.2, 0.25) is 0 Å². The molecule has 3 nitrogen and oxygen atoms in total. The van der Waals surface area contributed by atoms with Crippen molar-refractivity contribution in [3.8, 4) is 0 Å². The van der Waals surface area contributed by atoms with Crippen LogP contribution >= 0.6 is 23.3 Å². The zero-order chi connectivity index (χ0) is 16.4. The third kappa shape index (κ3) is 3.23. The first kappa shape index (κ1) is 15.8. The SMILES string of the molecule is O=C(NS/C=C/c1cccs1)Nc1c2c(cc3c1CCC3)CCC2. The van der Waals surface area contributed by atoms with Gasteiger partial charge in [-0.1, -0.05) is 12.1 Å². The van der Waals surface area contributed by atoms with E-state index < -0.39 is 0 Å². The zero-order valence-electron chi connectivity index (χ0n) is 13.4. The number of aryl methyl sites for hydroxylation is 2. The molecule has 2 N–H and O–H groups in total. The Morgan fingerprint density at radius 3 is 2.54 bits per heavy atom. The first-order chi connectivity index (χ1) is 11.8. The number of urea groups is 1. The van der Waals surface area contributed by atoms with Crippen LogP contribution in [0.1, 0.15) is 40.0 Å². The number of carbonyl (C=O) groups is 1. The smallest absolute Gasteiger partial charge is 0.307 e. The Morgan fingerprint density at radius 1 is 1.12 bits per heavy atom. The number of benzene rings is 1. The summed E-state index contributed by atoms with van der Waals surface area (Å²) in [6.07, 6.45) is 8.88. The summed E-state index contributed by atoms with van der Waals surface area (Å²) in [4.78, 5) is 13.5. The topological polar surface area (TPSA) is 41.1 Å². The van der Waals surface area contributed by atoms with E-state index in [1.807, 2.05) is 22.9 Å². The van der Waals surface area contributed by atoms with Gasteiger partial charge < -0.3 is 5.32 Å². The summed E-state index contributed by atoms with van der Waals surface area (Å²) >= 11 is 2.99. The number of amides is 2. The fraction of sp³-hybridized carbons (Fsp3) is 0.316. The van der Waals surface area contributed by atoms with Crippen LogP contribution in [0.25, 0.3) is 6.08 Å². The molecule has 5 heteroatoms. The van der Waals surface area contributed by atoms with E-state index in [0.717, 1.165) is 31.4 Å². The molecule has 2 aliphatic rings. The monoisotopic (exact) mass is 356 g/mol. The van der Waals surface area contributed by atoms with Crippen molar-refractivity contribution < 1.29 is 4.79 Å². The van der Waals surface area contributed by atoms with Crippen LogP contribution in [-0.2, 0) is 25.7 Å². The highest BCUT2D eigenvalue weighted by atomic mass is 32.2. The van der Waals surface area contributed by atoms with Gasteiger partial charge in [-0.2, -0.15) is 0 Å². The first-order valence-corrected chi connectivity index (χ1v) is 10.2. The van der Waals surface area contributed by atoms with E-state index in [1.54, 1.807) is 11.3 Å². The Labute approximate surface area is 150 Å². The Hall–Kier alpha value is -1.72. The highest BCUT2D eigenvalue weighted by Gasteiger charge is 2.24. The van der Waals surface area contributed by atoms with Crippen LogP contribution < -0.4 is 10.0 Å². The fourth-order valence-corrected chi connectivity index (χ4v) is 4.83. The van der Waals surface area contributed by atoms with Crippen molar-refractivity contribution in [2.75, 3.05) is 5.32 Å². The summed E-state index contributed by atoms with van der Waals surface area (Å²) in [5.74, 6) is 0. The Balaban J connectivity index is 1.43. The van der Waals surface area contributed by atoms with Crippen LogP contribution in [0.3, 0.4) is 0 Å². The van der Waals surface area contributed by atoms with Crippen molar-refractivity contribution in [1.29, 1.82) is 0 Å². The molecule has 0 fully saturated rings. The summed E-state index contributed by atoms with van der Waals surface area (Å²) in [6, 6.07) is 6.32. The van der Waals surface area contributed by atoms with Gasteiger partial charge in [0.2, 0.25) is 0 Å². The van der Waals surface area contributed by atoms with E-state index in [9.17, 15) is 4.79 Å². The molecule has 2 aliphatic carbocycles. The van der Waals surface area contributed by atoms with Gasteiger partial charge in [0.1, 0.15) is 0 Å². The van der Waals surface area contributed by atoms with Gasteiger partial charge in [-0.25, -0.2) is 4.79 Å². The number of hydrogen-bond donors (Lipinski definition) is 2. The van der Waals surface area contributed by atoms with Crippen LogP contribution in [0, 0.1) is 0 Å². The lowest BCUT2D eigenvalue weighted by molar-refractivity contribution is 0.257. The Morgan fingerprint density at radius 2 is 1.88 bits per heavy atom. The number of anilines is 1. The van der Waals surface area contributed by atoms with Crippen LogP contribution in [0.4, 0.5) is 10.5 Å². The highest BCUT2D eigenvalue weighted by molar-refractivity contribution is 8.00. The third-order valence-corrected chi connectivity index (χ3v) is 6.12. The van der Waals surface area contributed by atoms with Gasteiger partial charge >= 0.3 is 6.03 Å². The van der Waals surface area contributed by atoms with E-state index in [-0.39, 0.29) is 6.03 Å². The first-order valence-electron chi connectivity index (χ1n) is 8.40. The van der Waals surface area contributed by atoms with Crippen LogP contribution in [0.5, 0.6) is 0 Å². The molecule has 0 saturated carbocycles. The third-order valence-electron chi connectivity index (χ3n) is 4.71. The summed E-state index contributed by atoms with van der Waals surface area (Å²) in [7, 11) is 0. The molecular formula is C19H20N2OS2. The lowest BCUT2D eigenvalue weighted by atomic mass is 9.99. The van der Waals surface area contributed by atoms with E-state index >= 15 is 0 Å². The second kappa shape index (κ2) is 7.03. The molecule has 1 heterocycles. The molecule has 0 radical (unpaired) electrons. The van der Waals surface area contributed by atoms with E-state index in [1.165, 1.54) is 51.9 Å². The summed E-state index contributed by atoms with van der Waals surface area (Å²) in [6.45, 7) is 0. The van der Waals surface area contributed by atoms with Gasteiger partial charge in [-0.3, -0.25) is 4.72 Å². The number of hydrogen-bond acceptors (Lipinski definition) is 3. The molecule has 0 aliphatic heterocycles. The standard InChI is InChI=1S/C19H20N2OS2/c22-19(21-24-11-9-15-6-3-10-23-15)20-18-16-7-1-4-13(16)12-14-5-2-8-17(14)18/h3,6,9-12H,1-2,4-5,7-8H2,(H2,20,21,22)/b11-9+. The van der Waals surface area contributed by atoms with Gasteiger partial charge in [-0.05, 0) is 95.7 Å². The fourth-order valence-electron chi connectivity index (χ4n) is 3.68. The average molecular weight is 357 g/mol. The van der Waals surface area contributed by atoms with E-state index in [2.05, 4.69) is 22.2 Å². The predicted molar refractivity (Wildman–Crippen MR) is 104 cm³/mol. The second-order valence-corrected chi connectivity index (χ2v) is 7.92. The second-order valence-electron chi connectivity index (χ2n) is 6.23. The van der Waals surface area contributed by atoms with Crippen molar-refractivity contribution >= 4 is 41.1 Å². The van der Waals surface area contributed by atoms with Gasteiger partial charge in [0.25, 0.3) is 0 Å². The van der Waals surface area contributed by atoms with Crippen molar-refractivity contribution in [3.05, 3.63) is 56.1 Å². The molecule has 0 spiro atoms. The molecule has 1 aromatic carbocycles. The maximum Gasteiger partial charge on any atom is 0.329 e. The maximum absolute atomic E-state index is 12.3. The van der Waals surface area contributed by atoms with Crippen molar-refractivity contribution in [1.82, 2.24) is 4.72 Å². The lowest BCUT2D eigenvalue weighted by Crippen LogP contribution is -2.23. The molecule has 2 aromatic rings. The van der Waals surface area contributed by atoms with Crippen molar-refractivity contribution in [2.24, 2.45) is 0 Å². The molecular weight excluding hydrogens is 336 g/mol. The molecule has 24 heavy (non-hydrogen) atoms. The van der Waals surface area contributed by atoms with E-state index in [0.29, 0.717) is 0 Å². The van der Waals surface area contributed by atoms with Gasteiger partial charge in [-0.15, -0.1) is 11.3 Å². The number of nitrogens with one attached hydrogen (secondary N) is 2. The largest absolute Gasteiger partial charge is 0.329 e. The lowest BCUT2D eigenvalue weighted by Gasteiger charge is -2.16. The number of thiophene rings is 1. The molecule has 1 aromatic heterocycles. The normalized spacial score (nSPS) is 15.5. The van der Waals surface area contributed by atoms with E-state index in [4.69, 9.17) is 0 Å². The van der Waals surface area contributed by atoms with Crippen molar-refractivity contribution in [2.45, 2.75) is 38.5 Å². The molecule has 0 atom stereocenters. The molecule has 0 unspecified atom stereocenters. The molecule has 0 saturated heterocycles. The number of fused-ring (bicyclic) bond motifs is 2.